The minimum absolute atomic E-state index is 0.0742. The van der Waals surface area contributed by atoms with E-state index in [0.717, 1.165) is 18.6 Å². The van der Waals surface area contributed by atoms with Gasteiger partial charge in [-0.1, -0.05) is 26.0 Å². The molecule has 0 aliphatic heterocycles. The van der Waals surface area contributed by atoms with Crippen LogP contribution in [0, 0.1) is 0 Å². The van der Waals surface area contributed by atoms with E-state index in [1.54, 1.807) is 7.11 Å². The fourth-order valence-corrected chi connectivity index (χ4v) is 1.86. The highest BCUT2D eigenvalue weighted by Crippen LogP contribution is 2.32. The Morgan fingerprint density at radius 3 is 2.28 bits per heavy atom. The van der Waals surface area contributed by atoms with Crippen LogP contribution in [0.2, 0.25) is 0 Å². The number of methoxy groups -OCH3 is 1. The molecule has 0 fully saturated rings. The van der Waals surface area contributed by atoms with Crippen molar-refractivity contribution in [3.05, 3.63) is 29.8 Å². The molecule has 0 radical (unpaired) electrons. The van der Waals surface area contributed by atoms with E-state index < -0.39 is 0 Å². The van der Waals surface area contributed by atoms with Crippen molar-refractivity contribution in [2.45, 2.75) is 44.5 Å². The molecule has 0 aliphatic rings. The molecule has 0 bridgehead atoms. The molecule has 18 heavy (non-hydrogen) atoms. The van der Waals surface area contributed by atoms with Crippen LogP contribution in [0.3, 0.4) is 0 Å². The van der Waals surface area contributed by atoms with E-state index in [4.69, 9.17) is 9.47 Å². The second kappa shape index (κ2) is 7.05. The number of hydrogen-bond donors (Lipinski definition) is 1. The zero-order chi connectivity index (χ0) is 13.6. The van der Waals surface area contributed by atoms with Gasteiger partial charge in [0.25, 0.3) is 0 Å². The van der Waals surface area contributed by atoms with Gasteiger partial charge in [-0.3, -0.25) is 0 Å². The van der Waals surface area contributed by atoms with Gasteiger partial charge < -0.3 is 9.47 Å². The smallest absolute Gasteiger partial charge is 0.122 e. The molecule has 2 unspecified atom stereocenters. The highest BCUT2D eigenvalue weighted by Gasteiger charge is 2.19. The summed E-state index contributed by atoms with van der Waals surface area (Å²) in [6, 6.07) is 8.20. The van der Waals surface area contributed by atoms with E-state index in [-0.39, 0.29) is 10.9 Å². The summed E-state index contributed by atoms with van der Waals surface area (Å²) in [4.78, 5) is 0. The zero-order valence-corrected chi connectivity index (χ0v) is 12.7. The lowest BCUT2D eigenvalue weighted by Gasteiger charge is -2.23. The van der Waals surface area contributed by atoms with Crippen molar-refractivity contribution in [2.75, 3.05) is 13.7 Å². The average Bonchev–Trinajstić information content (AvgIpc) is 2.39. The van der Waals surface area contributed by atoms with Gasteiger partial charge in [-0.2, -0.15) is 12.6 Å². The fourth-order valence-electron chi connectivity index (χ4n) is 1.71. The summed E-state index contributed by atoms with van der Waals surface area (Å²) >= 11 is 4.67. The third-order valence-corrected chi connectivity index (χ3v) is 3.85. The molecule has 0 amide bonds. The highest BCUT2D eigenvalue weighted by molar-refractivity contribution is 7.81. The Hall–Kier alpha value is -0.670. The van der Waals surface area contributed by atoms with Crippen LogP contribution < -0.4 is 4.74 Å². The quantitative estimate of drug-likeness (QED) is 0.752. The maximum atomic E-state index is 5.86. The molecular formula is C15H24O2S. The molecule has 0 saturated carbocycles. The van der Waals surface area contributed by atoms with Gasteiger partial charge in [-0.25, -0.2) is 0 Å². The number of hydrogen-bond acceptors (Lipinski definition) is 3. The van der Waals surface area contributed by atoms with E-state index in [1.165, 1.54) is 5.56 Å². The first-order valence-corrected chi connectivity index (χ1v) is 6.96. The van der Waals surface area contributed by atoms with Crippen molar-refractivity contribution in [2.24, 2.45) is 0 Å². The SMILES string of the molecule is CCC(COC)Oc1ccc(C(C)(S)CC)cc1. The molecule has 3 heteroatoms. The normalized spacial score (nSPS) is 16.1. The predicted molar refractivity (Wildman–Crippen MR) is 79.7 cm³/mol. The monoisotopic (exact) mass is 268 g/mol. The molecule has 0 aliphatic carbocycles. The van der Waals surface area contributed by atoms with Crippen LogP contribution in [0.25, 0.3) is 0 Å². The van der Waals surface area contributed by atoms with Crippen LogP contribution in [-0.2, 0) is 9.48 Å². The fraction of sp³-hybridized carbons (Fsp3) is 0.600. The summed E-state index contributed by atoms with van der Waals surface area (Å²) in [6.45, 7) is 6.99. The number of rotatable bonds is 7. The molecule has 1 rings (SSSR count). The standard InChI is InChI=1S/C15H24O2S/c1-5-13(11-16-4)17-14-9-7-12(8-10-14)15(3,18)6-2/h7-10,13,18H,5-6,11H2,1-4H3. The molecule has 0 spiro atoms. The Kier molecular flexibility index (Phi) is 6.03. The molecule has 0 aromatic heterocycles. The van der Waals surface area contributed by atoms with E-state index in [2.05, 4.69) is 45.5 Å². The Labute approximate surface area is 116 Å². The van der Waals surface area contributed by atoms with Crippen LogP contribution in [0.4, 0.5) is 0 Å². The van der Waals surface area contributed by atoms with Gasteiger partial charge in [0.15, 0.2) is 0 Å². The molecular weight excluding hydrogens is 244 g/mol. The van der Waals surface area contributed by atoms with E-state index in [1.807, 2.05) is 12.1 Å². The van der Waals surface area contributed by atoms with Crippen molar-refractivity contribution < 1.29 is 9.47 Å². The van der Waals surface area contributed by atoms with Crippen molar-refractivity contribution in [1.29, 1.82) is 0 Å². The van der Waals surface area contributed by atoms with Crippen LogP contribution >= 0.6 is 12.6 Å². The summed E-state index contributed by atoms with van der Waals surface area (Å²) in [7, 11) is 1.70. The van der Waals surface area contributed by atoms with Gasteiger partial charge in [0.1, 0.15) is 11.9 Å². The van der Waals surface area contributed by atoms with Gasteiger partial charge in [0.2, 0.25) is 0 Å². The van der Waals surface area contributed by atoms with Crippen molar-refractivity contribution in [3.63, 3.8) is 0 Å². The Morgan fingerprint density at radius 2 is 1.83 bits per heavy atom. The van der Waals surface area contributed by atoms with Gasteiger partial charge in [-0.05, 0) is 37.5 Å². The van der Waals surface area contributed by atoms with E-state index in [9.17, 15) is 0 Å². The number of thiol groups is 1. The van der Waals surface area contributed by atoms with Crippen LogP contribution in [0.15, 0.2) is 24.3 Å². The summed E-state index contributed by atoms with van der Waals surface area (Å²) in [5.74, 6) is 0.892. The lowest BCUT2D eigenvalue weighted by atomic mass is 9.97. The van der Waals surface area contributed by atoms with Crippen LogP contribution in [-0.4, -0.2) is 19.8 Å². The molecule has 0 N–H and O–H groups in total. The van der Waals surface area contributed by atoms with Crippen molar-refractivity contribution >= 4 is 12.6 Å². The molecule has 1 aromatic carbocycles. The summed E-state index contributed by atoms with van der Waals surface area (Å²) in [5, 5.41) is 0. The Morgan fingerprint density at radius 1 is 1.22 bits per heavy atom. The lowest BCUT2D eigenvalue weighted by molar-refractivity contribution is 0.0787. The number of benzene rings is 1. The molecule has 0 saturated heterocycles. The minimum Gasteiger partial charge on any atom is -0.488 e. The zero-order valence-electron chi connectivity index (χ0n) is 11.8. The second-order valence-electron chi connectivity index (χ2n) is 4.76. The van der Waals surface area contributed by atoms with Crippen molar-refractivity contribution in [3.8, 4) is 5.75 Å². The minimum atomic E-state index is -0.0742. The summed E-state index contributed by atoms with van der Waals surface area (Å²) in [6.07, 6.45) is 2.06. The molecule has 2 nitrogen and oxygen atoms in total. The van der Waals surface area contributed by atoms with E-state index in [0.29, 0.717) is 6.61 Å². The number of ether oxygens (including phenoxy) is 2. The molecule has 102 valence electrons. The van der Waals surface area contributed by atoms with Gasteiger partial charge >= 0.3 is 0 Å². The van der Waals surface area contributed by atoms with Gasteiger partial charge in [0.05, 0.1) is 6.61 Å². The third-order valence-electron chi connectivity index (χ3n) is 3.28. The summed E-state index contributed by atoms with van der Waals surface area (Å²) in [5.41, 5.74) is 1.22. The molecule has 1 aromatic rings. The third kappa shape index (κ3) is 4.21. The average molecular weight is 268 g/mol. The summed E-state index contributed by atoms with van der Waals surface area (Å²) < 4.78 is 10.9. The Balaban J connectivity index is 2.71. The topological polar surface area (TPSA) is 18.5 Å². The van der Waals surface area contributed by atoms with Gasteiger partial charge in [0, 0.05) is 11.9 Å². The van der Waals surface area contributed by atoms with Crippen LogP contribution in [0.5, 0.6) is 5.75 Å². The Bertz CT molecular complexity index is 346. The van der Waals surface area contributed by atoms with E-state index >= 15 is 0 Å². The van der Waals surface area contributed by atoms with Gasteiger partial charge in [-0.15, -0.1) is 0 Å². The first kappa shape index (κ1) is 15.4. The first-order chi connectivity index (χ1) is 8.53. The molecule has 2 atom stereocenters. The lowest BCUT2D eigenvalue weighted by Crippen LogP contribution is -2.21. The second-order valence-corrected chi connectivity index (χ2v) is 5.74. The predicted octanol–water partition coefficient (Wildman–Crippen LogP) is 4.05. The maximum Gasteiger partial charge on any atom is 0.122 e. The highest BCUT2D eigenvalue weighted by atomic mass is 32.1. The maximum absolute atomic E-state index is 5.86. The largest absolute Gasteiger partial charge is 0.488 e. The first-order valence-electron chi connectivity index (χ1n) is 6.52. The molecule has 0 heterocycles. The van der Waals surface area contributed by atoms with Crippen molar-refractivity contribution in [1.82, 2.24) is 0 Å². The van der Waals surface area contributed by atoms with Crippen LogP contribution in [0.1, 0.15) is 39.2 Å².